The fourth-order valence-corrected chi connectivity index (χ4v) is 2.99. The number of benzene rings is 3. The summed E-state index contributed by atoms with van der Waals surface area (Å²) in [7, 11) is -3.59. The topological polar surface area (TPSA) is 166 Å². The molecule has 10 heteroatoms. The molecule has 4 rings (SSSR count). The maximum absolute atomic E-state index is 11.6. The van der Waals surface area contributed by atoms with Gasteiger partial charge in [0.15, 0.2) is 0 Å². The highest BCUT2D eigenvalue weighted by Gasteiger charge is 2.11. The van der Waals surface area contributed by atoms with Crippen LogP contribution in [0, 0.1) is 10.2 Å². The van der Waals surface area contributed by atoms with E-state index in [1.807, 2.05) is 36.4 Å². The number of hydrogen-bond acceptors (Lipinski definition) is 8. The predicted molar refractivity (Wildman–Crippen MR) is 105 cm³/mol. The number of nitrogens with one attached hydrogen (secondary N) is 1. The third-order valence-corrected chi connectivity index (χ3v) is 4.39. The molecule has 0 spiro atoms. The van der Waals surface area contributed by atoms with Crippen molar-refractivity contribution in [2.24, 2.45) is 0 Å². The Morgan fingerprint density at radius 3 is 2.18 bits per heavy atom. The first-order chi connectivity index (χ1) is 15.6. The number of phenolic OH excluding ortho intramolecular Hbond substituents is 1. The molecular formula is C23H18ClNO8. The third-order valence-electron chi connectivity index (χ3n) is 4.39. The standard InChI is InChI=1S/C23H17NO4.ClHO4/c1-27-23(26)16-7-9-17(10-8-16)24-20-14-22(15-5-3-2-4-6-15)28-21-12-11-18(25)13-19(20)21;2-1(3,4)5/h2-14,25H,1H3;(H,2,3,4,5). The van der Waals surface area contributed by atoms with E-state index in [9.17, 15) is 9.90 Å². The molecule has 2 N–H and O–H groups in total. The number of esters is 1. The van der Waals surface area contributed by atoms with E-state index in [2.05, 4.69) is 4.99 Å². The van der Waals surface area contributed by atoms with Gasteiger partial charge in [-0.3, -0.25) is 0 Å². The highest BCUT2D eigenvalue weighted by molar-refractivity contribution is 5.89. The van der Waals surface area contributed by atoms with Gasteiger partial charge < -0.3 is 14.3 Å². The van der Waals surface area contributed by atoms with Crippen molar-refractivity contribution in [2.75, 3.05) is 7.11 Å². The Morgan fingerprint density at radius 1 is 0.939 bits per heavy atom. The molecule has 0 aliphatic rings. The van der Waals surface area contributed by atoms with Gasteiger partial charge in [-0.05, 0) is 30.3 Å². The number of aromatic hydroxyl groups is 1. The molecule has 0 saturated heterocycles. The van der Waals surface area contributed by atoms with Gasteiger partial charge in [0, 0.05) is 17.7 Å². The Labute approximate surface area is 189 Å². The largest absolute Gasteiger partial charge is 0.508 e. The van der Waals surface area contributed by atoms with E-state index >= 15 is 0 Å². The first kappa shape index (κ1) is 23.9. The lowest BCUT2D eigenvalue weighted by Crippen LogP contribution is -2.70. The average Bonchev–Trinajstić information content (AvgIpc) is 2.78. The minimum atomic E-state index is -4.94. The van der Waals surface area contributed by atoms with Crippen molar-refractivity contribution in [3.8, 4) is 17.1 Å². The van der Waals surface area contributed by atoms with E-state index in [1.165, 1.54) is 7.11 Å². The highest BCUT2D eigenvalue weighted by atomic mass is 35.7. The summed E-state index contributed by atoms with van der Waals surface area (Å²) >= 11 is 0. The molecule has 1 aromatic heterocycles. The molecule has 4 aromatic rings. The Hall–Kier alpha value is -3.73. The minimum absolute atomic E-state index is 0.152. The van der Waals surface area contributed by atoms with Crippen LogP contribution in [0.5, 0.6) is 5.75 Å². The number of phenols is 1. The molecule has 0 saturated carbocycles. The summed E-state index contributed by atoms with van der Waals surface area (Å²) in [5.41, 5.74) is 2.86. The number of hydrogen-bond donors (Lipinski definition) is 2. The van der Waals surface area contributed by atoms with Crippen molar-refractivity contribution in [2.45, 2.75) is 0 Å². The van der Waals surface area contributed by atoms with Gasteiger partial charge in [-0.25, -0.2) is 28.4 Å². The summed E-state index contributed by atoms with van der Waals surface area (Å²) in [5, 5.41) is 11.4. The van der Waals surface area contributed by atoms with Gasteiger partial charge in [-0.2, -0.15) is 0 Å². The second kappa shape index (κ2) is 10.3. The van der Waals surface area contributed by atoms with E-state index < -0.39 is 10.2 Å². The van der Waals surface area contributed by atoms with Crippen LogP contribution >= 0.6 is 0 Å². The zero-order valence-electron chi connectivity index (χ0n) is 17.2. The van der Waals surface area contributed by atoms with E-state index in [-0.39, 0.29) is 11.7 Å². The van der Waals surface area contributed by atoms with Crippen molar-refractivity contribution >= 4 is 22.6 Å². The minimum Gasteiger partial charge on any atom is -0.508 e. The van der Waals surface area contributed by atoms with Crippen LogP contribution in [0.4, 0.5) is 5.69 Å². The molecule has 0 fully saturated rings. The first-order valence-corrected chi connectivity index (χ1v) is 10.6. The van der Waals surface area contributed by atoms with Gasteiger partial charge >= 0.3 is 5.97 Å². The lowest BCUT2D eigenvalue weighted by Gasteiger charge is -2.17. The van der Waals surface area contributed by atoms with E-state index in [4.69, 9.17) is 27.8 Å². The normalized spacial score (nSPS) is 11.6. The van der Waals surface area contributed by atoms with Crippen LogP contribution in [0.2, 0.25) is 0 Å². The molecule has 0 atom stereocenters. The van der Waals surface area contributed by atoms with Crippen LogP contribution in [0.1, 0.15) is 10.4 Å². The van der Waals surface area contributed by atoms with E-state index in [0.29, 0.717) is 16.9 Å². The third kappa shape index (κ3) is 6.88. The van der Waals surface area contributed by atoms with Gasteiger partial charge in [0.25, 0.3) is 0 Å². The monoisotopic (exact) mass is 471 g/mol. The van der Waals surface area contributed by atoms with Crippen LogP contribution in [-0.2, 0) is 4.74 Å². The van der Waals surface area contributed by atoms with Crippen molar-refractivity contribution in [3.05, 3.63) is 89.8 Å². The summed E-state index contributed by atoms with van der Waals surface area (Å²) < 4.78 is 44.7. The average molecular weight is 472 g/mol. The molecule has 9 nitrogen and oxygen atoms in total. The molecule has 33 heavy (non-hydrogen) atoms. The second-order valence-electron chi connectivity index (χ2n) is 6.64. The van der Waals surface area contributed by atoms with Gasteiger partial charge in [-0.15, -0.1) is 10.2 Å². The van der Waals surface area contributed by atoms with Gasteiger partial charge in [0.1, 0.15) is 17.1 Å². The van der Waals surface area contributed by atoms with Crippen molar-refractivity contribution in [1.29, 1.82) is 0 Å². The number of fused-ring (bicyclic) bond motifs is 1. The highest BCUT2D eigenvalue weighted by Crippen LogP contribution is 2.23. The number of carbonyl (C=O) groups is 1. The maximum Gasteiger partial charge on any atom is 0.337 e. The Balaban J connectivity index is 0.000000555. The van der Waals surface area contributed by atoms with Crippen LogP contribution in [0.3, 0.4) is 0 Å². The Kier molecular flexibility index (Phi) is 7.44. The molecule has 0 aliphatic carbocycles. The lowest BCUT2D eigenvalue weighted by atomic mass is 10.1. The molecule has 3 aromatic carbocycles. The number of halogens is 1. The van der Waals surface area contributed by atoms with Crippen molar-refractivity contribution in [1.82, 2.24) is 0 Å². The number of rotatable bonds is 3. The summed E-state index contributed by atoms with van der Waals surface area (Å²) in [6, 6.07) is 23.7. The molecule has 1 heterocycles. The van der Waals surface area contributed by atoms with Gasteiger partial charge in [0.2, 0.25) is 11.0 Å². The van der Waals surface area contributed by atoms with E-state index in [1.54, 1.807) is 42.5 Å². The number of carbonyl (C=O) groups excluding carboxylic acids is 1. The van der Waals surface area contributed by atoms with Crippen LogP contribution in [-0.4, -0.2) is 18.2 Å². The molecule has 0 radical (unpaired) electrons. The summed E-state index contributed by atoms with van der Waals surface area (Å²) in [6.45, 7) is 0. The van der Waals surface area contributed by atoms with Crippen molar-refractivity contribution in [3.63, 3.8) is 0 Å². The summed E-state index contributed by atoms with van der Waals surface area (Å²) in [4.78, 5) is 15.0. The number of ether oxygens (including phenoxy) is 1. The first-order valence-electron chi connectivity index (χ1n) is 9.36. The van der Waals surface area contributed by atoms with Crippen LogP contribution < -0.4 is 29.0 Å². The van der Waals surface area contributed by atoms with Crippen LogP contribution in [0.15, 0.2) is 83.3 Å². The molecular weight excluding hydrogens is 454 g/mol. The second-order valence-corrected chi connectivity index (χ2v) is 7.40. The smallest absolute Gasteiger partial charge is 0.337 e. The Morgan fingerprint density at radius 2 is 1.58 bits per heavy atom. The maximum atomic E-state index is 11.6. The fraction of sp³-hybridized carbons (Fsp3) is 0.0435. The quantitative estimate of drug-likeness (QED) is 0.328. The molecule has 170 valence electrons. The van der Waals surface area contributed by atoms with Crippen molar-refractivity contribution < 1.29 is 52.9 Å². The molecule has 0 bridgehead atoms. The summed E-state index contributed by atoms with van der Waals surface area (Å²) in [6.07, 6.45) is 0. The fourth-order valence-electron chi connectivity index (χ4n) is 2.99. The molecule has 0 aliphatic heterocycles. The summed E-state index contributed by atoms with van der Waals surface area (Å²) in [5.74, 6) is 0.471. The lowest BCUT2D eigenvalue weighted by molar-refractivity contribution is -2.00. The van der Waals surface area contributed by atoms with Gasteiger partial charge in [-0.1, -0.05) is 30.3 Å². The zero-order chi connectivity index (χ0) is 24.0. The number of methoxy groups -OCH3 is 1. The SMILES string of the molecule is COC(=O)c1ccc([NH+]=c2cc(-c3ccccc3)oc3ccc(O)cc23)cc1.[O-][Cl+3]([O-])([O-])[O-]. The van der Waals surface area contributed by atoms with Crippen LogP contribution in [0.25, 0.3) is 22.3 Å². The zero-order valence-corrected chi connectivity index (χ0v) is 17.9. The molecule has 0 amide bonds. The Bertz CT molecular complexity index is 1310. The van der Waals surface area contributed by atoms with Gasteiger partial charge in [0.05, 0.1) is 24.1 Å². The van der Waals surface area contributed by atoms with E-state index in [0.717, 1.165) is 22.0 Å². The predicted octanol–water partition coefficient (Wildman–Crippen LogP) is -1.85. The molecule has 0 unspecified atom stereocenters.